The van der Waals surface area contributed by atoms with E-state index in [0.29, 0.717) is 18.2 Å². The van der Waals surface area contributed by atoms with Crippen molar-refractivity contribution in [3.63, 3.8) is 0 Å². The predicted molar refractivity (Wildman–Crippen MR) is 123 cm³/mol. The van der Waals surface area contributed by atoms with Crippen LogP contribution in [0.2, 0.25) is 0 Å². The fourth-order valence-corrected chi connectivity index (χ4v) is 4.52. The minimum Gasteiger partial charge on any atom is -0.477 e. The Hall–Kier alpha value is -3.37. The highest BCUT2D eigenvalue weighted by Crippen LogP contribution is 2.38. The Balaban J connectivity index is 1.53. The molecule has 31 heavy (non-hydrogen) atoms. The standard InChI is InChI=1S/C27H25NO3/c1-18(20-9-5-3-6-10-20)15-28-16-22-13-24-23(21-11-7-4-8-12-21)14-25(29)31-27(24)19(2)26(22)30-17-28/h3-14,18H,15-17H2,1-2H3/t18-/m0/s1. The molecule has 0 amide bonds. The van der Waals surface area contributed by atoms with Crippen LogP contribution >= 0.6 is 0 Å². The maximum atomic E-state index is 12.3. The second-order valence-electron chi connectivity index (χ2n) is 8.31. The Labute approximate surface area is 181 Å². The normalized spacial score (nSPS) is 14.8. The largest absolute Gasteiger partial charge is 0.477 e. The van der Waals surface area contributed by atoms with Gasteiger partial charge in [-0.05, 0) is 35.6 Å². The molecule has 1 aliphatic rings. The zero-order chi connectivity index (χ0) is 21.4. The third kappa shape index (κ3) is 3.75. The van der Waals surface area contributed by atoms with Gasteiger partial charge in [-0.25, -0.2) is 4.79 Å². The molecule has 4 nitrogen and oxygen atoms in total. The van der Waals surface area contributed by atoms with Crippen molar-refractivity contribution in [1.82, 2.24) is 4.90 Å². The minimum absolute atomic E-state index is 0.344. The molecular weight excluding hydrogens is 386 g/mol. The van der Waals surface area contributed by atoms with Crippen LogP contribution in [0.15, 0.2) is 82.0 Å². The summed E-state index contributed by atoms with van der Waals surface area (Å²) >= 11 is 0. The van der Waals surface area contributed by atoms with Crippen molar-refractivity contribution >= 4 is 11.0 Å². The van der Waals surface area contributed by atoms with Crippen LogP contribution in [0, 0.1) is 6.92 Å². The smallest absolute Gasteiger partial charge is 0.336 e. The number of hydrogen-bond acceptors (Lipinski definition) is 4. The summed E-state index contributed by atoms with van der Waals surface area (Å²) in [4.78, 5) is 14.6. The Morgan fingerprint density at radius 1 is 1.00 bits per heavy atom. The first-order valence-electron chi connectivity index (χ1n) is 10.7. The van der Waals surface area contributed by atoms with Gasteiger partial charge < -0.3 is 9.15 Å². The van der Waals surface area contributed by atoms with Gasteiger partial charge in [-0.2, -0.15) is 0 Å². The first-order valence-corrected chi connectivity index (χ1v) is 10.7. The topological polar surface area (TPSA) is 42.7 Å². The summed E-state index contributed by atoms with van der Waals surface area (Å²) in [5, 5.41) is 0.948. The summed E-state index contributed by atoms with van der Waals surface area (Å²) in [6.45, 7) is 6.46. The lowest BCUT2D eigenvalue weighted by atomic mass is 9.96. The quantitative estimate of drug-likeness (QED) is 0.403. The fourth-order valence-electron chi connectivity index (χ4n) is 4.52. The first kappa shape index (κ1) is 19.6. The molecule has 1 aliphatic heterocycles. The minimum atomic E-state index is -0.344. The van der Waals surface area contributed by atoms with Crippen LogP contribution in [-0.2, 0) is 6.54 Å². The summed E-state index contributed by atoms with van der Waals surface area (Å²) in [5.74, 6) is 1.25. The molecule has 5 rings (SSSR count). The molecule has 0 saturated heterocycles. The van der Waals surface area contributed by atoms with Gasteiger partial charge in [0.1, 0.15) is 18.1 Å². The molecule has 0 radical (unpaired) electrons. The van der Waals surface area contributed by atoms with Crippen LogP contribution in [0.4, 0.5) is 0 Å². The van der Waals surface area contributed by atoms with Crippen molar-refractivity contribution in [2.45, 2.75) is 26.3 Å². The van der Waals surface area contributed by atoms with Crippen LogP contribution < -0.4 is 10.4 Å². The van der Waals surface area contributed by atoms with Gasteiger partial charge in [0.25, 0.3) is 0 Å². The van der Waals surface area contributed by atoms with Gasteiger partial charge in [0.05, 0.1) is 0 Å². The lowest BCUT2D eigenvalue weighted by Crippen LogP contribution is -2.35. The summed E-state index contributed by atoms with van der Waals surface area (Å²) in [6.07, 6.45) is 0. The summed E-state index contributed by atoms with van der Waals surface area (Å²) in [7, 11) is 0. The van der Waals surface area contributed by atoms with Crippen molar-refractivity contribution in [2.75, 3.05) is 13.3 Å². The van der Waals surface area contributed by atoms with E-state index in [1.165, 1.54) is 5.56 Å². The van der Waals surface area contributed by atoms with Crippen LogP contribution in [0.5, 0.6) is 5.75 Å². The van der Waals surface area contributed by atoms with Gasteiger partial charge in [0.15, 0.2) is 0 Å². The molecule has 0 spiro atoms. The van der Waals surface area contributed by atoms with Crippen LogP contribution in [-0.4, -0.2) is 18.2 Å². The highest BCUT2D eigenvalue weighted by atomic mass is 16.5. The molecule has 3 aromatic carbocycles. The van der Waals surface area contributed by atoms with E-state index in [0.717, 1.165) is 46.5 Å². The molecule has 156 valence electrons. The number of hydrogen-bond donors (Lipinski definition) is 0. The molecule has 2 heterocycles. The van der Waals surface area contributed by atoms with Crippen LogP contribution in [0.25, 0.3) is 22.1 Å². The molecule has 0 bridgehead atoms. The third-order valence-electron chi connectivity index (χ3n) is 6.06. The number of benzene rings is 3. The van der Waals surface area contributed by atoms with Crippen molar-refractivity contribution in [3.05, 3.63) is 99.9 Å². The molecule has 0 fully saturated rings. The van der Waals surface area contributed by atoms with E-state index in [9.17, 15) is 4.79 Å². The van der Waals surface area contributed by atoms with Crippen molar-refractivity contribution in [1.29, 1.82) is 0 Å². The number of fused-ring (bicyclic) bond motifs is 2. The van der Waals surface area contributed by atoms with Gasteiger partial charge in [-0.1, -0.05) is 67.6 Å². The van der Waals surface area contributed by atoms with E-state index in [1.54, 1.807) is 6.07 Å². The molecule has 1 aromatic heterocycles. The fraction of sp³-hybridized carbons (Fsp3) is 0.222. The van der Waals surface area contributed by atoms with Crippen molar-refractivity contribution < 1.29 is 9.15 Å². The van der Waals surface area contributed by atoms with Crippen LogP contribution in [0.1, 0.15) is 29.5 Å². The van der Waals surface area contributed by atoms with Crippen molar-refractivity contribution in [2.24, 2.45) is 0 Å². The van der Waals surface area contributed by atoms with Gasteiger partial charge in [0.2, 0.25) is 0 Å². The third-order valence-corrected chi connectivity index (χ3v) is 6.06. The number of nitrogens with zero attached hydrogens (tertiary/aromatic N) is 1. The summed E-state index contributed by atoms with van der Waals surface area (Å²) in [6, 6.07) is 24.3. The maximum absolute atomic E-state index is 12.3. The van der Waals surface area contributed by atoms with Crippen LogP contribution in [0.3, 0.4) is 0 Å². The maximum Gasteiger partial charge on any atom is 0.336 e. The molecule has 0 unspecified atom stereocenters. The van der Waals surface area contributed by atoms with Gasteiger partial charge >= 0.3 is 5.63 Å². The molecule has 0 N–H and O–H groups in total. The number of aryl methyl sites for hydroxylation is 1. The molecule has 0 saturated carbocycles. The first-order chi connectivity index (χ1) is 15.1. The lowest BCUT2D eigenvalue weighted by Gasteiger charge is -2.32. The van der Waals surface area contributed by atoms with E-state index >= 15 is 0 Å². The Morgan fingerprint density at radius 3 is 2.45 bits per heavy atom. The van der Waals surface area contributed by atoms with E-state index in [-0.39, 0.29) is 5.63 Å². The molecule has 1 atom stereocenters. The zero-order valence-electron chi connectivity index (χ0n) is 17.8. The van der Waals surface area contributed by atoms with E-state index in [2.05, 4.69) is 42.2 Å². The Kier molecular flexibility index (Phi) is 5.08. The molecule has 4 heteroatoms. The molecular formula is C27H25NO3. The van der Waals surface area contributed by atoms with Crippen molar-refractivity contribution in [3.8, 4) is 16.9 Å². The molecule has 0 aliphatic carbocycles. The number of rotatable bonds is 4. The second kappa shape index (κ2) is 8.05. The van der Waals surface area contributed by atoms with E-state index < -0.39 is 0 Å². The summed E-state index contributed by atoms with van der Waals surface area (Å²) < 4.78 is 11.8. The summed E-state index contributed by atoms with van der Waals surface area (Å²) in [5.41, 5.74) is 5.51. The average molecular weight is 412 g/mol. The second-order valence-corrected chi connectivity index (χ2v) is 8.31. The highest BCUT2D eigenvalue weighted by Gasteiger charge is 2.24. The lowest BCUT2D eigenvalue weighted by molar-refractivity contribution is 0.0900. The SMILES string of the molecule is Cc1c2c(cc3c(-c4ccccc4)cc(=O)oc13)CN(C[C@H](C)c1ccccc1)CO2. The number of ether oxygens (including phenoxy) is 1. The van der Waals surface area contributed by atoms with Gasteiger partial charge in [-0.3, -0.25) is 4.90 Å². The predicted octanol–water partition coefficient (Wildman–Crippen LogP) is 5.72. The average Bonchev–Trinajstić information content (AvgIpc) is 2.80. The van der Waals surface area contributed by atoms with Gasteiger partial charge in [-0.15, -0.1) is 0 Å². The monoisotopic (exact) mass is 411 g/mol. The van der Waals surface area contributed by atoms with E-state index in [1.807, 2.05) is 43.3 Å². The van der Waals surface area contributed by atoms with Gasteiger partial charge in [0, 0.05) is 35.7 Å². The zero-order valence-corrected chi connectivity index (χ0v) is 17.8. The Morgan fingerprint density at radius 2 is 1.71 bits per heavy atom. The van der Waals surface area contributed by atoms with E-state index in [4.69, 9.17) is 9.15 Å². The Bertz CT molecular complexity index is 1280. The molecule has 4 aromatic rings. The highest BCUT2D eigenvalue weighted by molar-refractivity contribution is 5.96.